The molecule has 1 atom stereocenters. The number of nitrogens with zero attached hydrogens (tertiary/aromatic N) is 5. The van der Waals surface area contributed by atoms with E-state index in [1.54, 1.807) is 10.8 Å². The average Bonchev–Trinajstić information content (AvgIpc) is 3.26. The van der Waals surface area contributed by atoms with Gasteiger partial charge < -0.3 is 14.7 Å². The zero-order chi connectivity index (χ0) is 21.1. The molecule has 1 fully saturated rings. The summed E-state index contributed by atoms with van der Waals surface area (Å²) in [5.74, 6) is 1.77. The molecule has 1 N–H and O–H groups in total. The maximum atomic E-state index is 10.5. The molecule has 7 heteroatoms. The van der Waals surface area contributed by atoms with Crippen LogP contribution in [0, 0.1) is 13.8 Å². The third-order valence-electron chi connectivity index (χ3n) is 5.37. The largest absolute Gasteiger partial charge is 0.385 e. The van der Waals surface area contributed by atoms with Crippen molar-refractivity contribution >= 4 is 5.82 Å². The van der Waals surface area contributed by atoms with Gasteiger partial charge in [0, 0.05) is 30.9 Å². The van der Waals surface area contributed by atoms with Crippen molar-refractivity contribution in [2.75, 3.05) is 31.2 Å². The van der Waals surface area contributed by atoms with Gasteiger partial charge >= 0.3 is 0 Å². The fourth-order valence-electron chi connectivity index (χ4n) is 3.43. The number of hydrogen-bond donors (Lipinski definition) is 1. The highest BCUT2D eigenvalue weighted by Crippen LogP contribution is 2.24. The van der Waals surface area contributed by atoms with Gasteiger partial charge in [-0.25, -0.2) is 14.6 Å². The molecule has 1 unspecified atom stereocenters. The second-order valence-electron chi connectivity index (χ2n) is 7.53. The number of ether oxygens (including phenoxy) is 1. The number of hydrogen-bond acceptors (Lipinski definition) is 6. The SMILES string of the molecule is C=CCC(O)c1nc(N2CCOCC2)cc(-n2ccc(-c3ccc(C)c(C)c3)n2)n1. The first kappa shape index (κ1) is 20.3. The highest BCUT2D eigenvalue weighted by molar-refractivity contribution is 5.61. The predicted octanol–water partition coefficient (Wildman–Crippen LogP) is 3.39. The molecule has 1 aliphatic heterocycles. The summed E-state index contributed by atoms with van der Waals surface area (Å²) in [7, 11) is 0. The minimum absolute atomic E-state index is 0.372. The van der Waals surface area contributed by atoms with Gasteiger partial charge in [-0.05, 0) is 43.5 Å². The highest BCUT2D eigenvalue weighted by Gasteiger charge is 2.19. The van der Waals surface area contributed by atoms with Crippen molar-refractivity contribution in [2.45, 2.75) is 26.4 Å². The van der Waals surface area contributed by atoms with Gasteiger partial charge in [0.2, 0.25) is 0 Å². The molecule has 0 amide bonds. The molecular formula is C23H27N5O2. The Morgan fingerprint density at radius 2 is 1.87 bits per heavy atom. The van der Waals surface area contributed by atoms with Crippen LogP contribution in [-0.2, 0) is 4.74 Å². The van der Waals surface area contributed by atoms with E-state index in [1.165, 1.54) is 11.1 Å². The van der Waals surface area contributed by atoms with E-state index in [0.29, 0.717) is 31.3 Å². The van der Waals surface area contributed by atoms with Crippen molar-refractivity contribution in [3.05, 3.63) is 66.1 Å². The zero-order valence-corrected chi connectivity index (χ0v) is 17.5. The Balaban J connectivity index is 1.71. The van der Waals surface area contributed by atoms with Gasteiger partial charge in [0.05, 0.1) is 18.9 Å². The van der Waals surface area contributed by atoms with Gasteiger partial charge in [0.1, 0.15) is 11.9 Å². The topological polar surface area (TPSA) is 76.3 Å². The maximum absolute atomic E-state index is 10.5. The summed E-state index contributed by atoms with van der Waals surface area (Å²) in [4.78, 5) is 11.3. The Hall–Kier alpha value is -3.03. The van der Waals surface area contributed by atoms with E-state index in [2.05, 4.69) is 53.5 Å². The van der Waals surface area contributed by atoms with E-state index in [9.17, 15) is 5.11 Å². The van der Waals surface area contributed by atoms with Crippen LogP contribution in [-0.4, -0.2) is 51.2 Å². The minimum atomic E-state index is -0.808. The normalized spacial score (nSPS) is 15.2. The van der Waals surface area contributed by atoms with Crippen LogP contribution in [0.1, 0.15) is 29.5 Å². The molecule has 0 spiro atoms. The Morgan fingerprint density at radius 3 is 2.60 bits per heavy atom. The van der Waals surface area contributed by atoms with Crippen LogP contribution in [0.4, 0.5) is 5.82 Å². The molecule has 30 heavy (non-hydrogen) atoms. The predicted molar refractivity (Wildman–Crippen MR) is 117 cm³/mol. The number of benzene rings is 1. The smallest absolute Gasteiger partial charge is 0.161 e. The molecule has 1 aromatic carbocycles. The van der Waals surface area contributed by atoms with E-state index in [0.717, 1.165) is 30.2 Å². The lowest BCUT2D eigenvalue weighted by atomic mass is 10.0. The fraction of sp³-hybridized carbons (Fsp3) is 0.348. The van der Waals surface area contributed by atoms with E-state index in [1.807, 2.05) is 18.3 Å². The third kappa shape index (κ3) is 4.27. The average molecular weight is 406 g/mol. The molecule has 0 radical (unpaired) electrons. The zero-order valence-electron chi connectivity index (χ0n) is 17.5. The van der Waals surface area contributed by atoms with Crippen molar-refractivity contribution < 1.29 is 9.84 Å². The Labute approximate surface area is 176 Å². The fourth-order valence-corrected chi connectivity index (χ4v) is 3.43. The van der Waals surface area contributed by atoms with Gasteiger partial charge in [-0.3, -0.25) is 0 Å². The number of aromatic nitrogens is 4. The first-order valence-corrected chi connectivity index (χ1v) is 10.2. The molecule has 4 rings (SSSR count). The van der Waals surface area contributed by atoms with Gasteiger partial charge in [0.25, 0.3) is 0 Å². The summed E-state index contributed by atoms with van der Waals surface area (Å²) in [6, 6.07) is 10.2. The molecule has 0 aliphatic carbocycles. The molecule has 2 aromatic heterocycles. The lowest BCUT2D eigenvalue weighted by Crippen LogP contribution is -2.37. The first-order chi connectivity index (χ1) is 14.5. The van der Waals surface area contributed by atoms with E-state index in [-0.39, 0.29) is 0 Å². The molecule has 0 bridgehead atoms. The van der Waals surface area contributed by atoms with Crippen molar-refractivity contribution in [3.63, 3.8) is 0 Å². The summed E-state index contributed by atoms with van der Waals surface area (Å²) in [5.41, 5.74) is 4.42. The quantitative estimate of drug-likeness (QED) is 0.634. The van der Waals surface area contributed by atoms with Gasteiger partial charge in [-0.15, -0.1) is 6.58 Å². The van der Waals surface area contributed by atoms with Crippen LogP contribution in [0.3, 0.4) is 0 Å². The second kappa shape index (κ2) is 8.77. The van der Waals surface area contributed by atoms with Gasteiger partial charge in [-0.2, -0.15) is 5.10 Å². The molecule has 156 valence electrons. The standard InChI is InChI=1S/C23H27N5O2/c1-4-5-20(29)23-24-21(27-10-12-30-13-11-27)15-22(25-23)28-9-8-19(26-28)18-7-6-16(2)17(3)14-18/h4,6-9,14-15,20,29H,1,5,10-13H2,2-3H3. The number of morpholine rings is 1. The van der Waals surface area contributed by atoms with Crippen molar-refractivity contribution in [2.24, 2.45) is 0 Å². The third-order valence-corrected chi connectivity index (χ3v) is 5.37. The van der Waals surface area contributed by atoms with Crippen LogP contribution in [0.2, 0.25) is 0 Å². The summed E-state index contributed by atoms with van der Waals surface area (Å²) in [5, 5.41) is 15.2. The number of anilines is 1. The molecule has 0 saturated carbocycles. The molecule has 7 nitrogen and oxygen atoms in total. The van der Waals surface area contributed by atoms with Crippen molar-refractivity contribution in [3.8, 4) is 17.1 Å². The molecular weight excluding hydrogens is 378 g/mol. The summed E-state index contributed by atoms with van der Waals surface area (Å²) >= 11 is 0. The lowest BCUT2D eigenvalue weighted by Gasteiger charge is -2.28. The van der Waals surface area contributed by atoms with Crippen molar-refractivity contribution in [1.82, 2.24) is 19.7 Å². The minimum Gasteiger partial charge on any atom is -0.385 e. The van der Waals surface area contributed by atoms with Crippen LogP contribution in [0.5, 0.6) is 0 Å². The van der Waals surface area contributed by atoms with Gasteiger partial charge in [0.15, 0.2) is 11.6 Å². The monoisotopic (exact) mass is 405 g/mol. The van der Waals surface area contributed by atoms with Crippen LogP contribution < -0.4 is 4.90 Å². The number of aliphatic hydroxyl groups excluding tert-OH is 1. The number of aliphatic hydroxyl groups is 1. The van der Waals surface area contributed by atoms with Crippen LogP contribution >= 0.6 is 0 Å². The molecule has 1 aliphatic rings. The molecule has 3 heterocycles. The number of rotatable bonds is 6. The highest BCUT2D eigenvalue weighted by atomic mass is 16.5. The summed E-state index contributed by atoms with van der Waals surface area (Å²) in [6.45, 7) is 10.7. The van der Waals surface area contributed by atoms with E-state index >= 15 is 0 Å². The maximum Gasteiger partial charge on any atom is 0.161 e. The molecule has 3 aromatic rings. The second-order valence-corrected chi connectivity index (χ2v) is 7.53. The van der Waals surface area contributed by atoms with E-state index in [4.69, 9.17) is 9.84 Å². The van der Waals surface area contributed by atoms with Crippen LogP contribution in [0.25, 0.3) is 17.1 Å². The van der Waals surface area contributed by atoms with Crippen LogP contribution in [0.15, 0.2) is 49.2 Å². The van der Waals surface area contributed by atoms with E-state index < -0.39 is 6.10 Å². The number of aryl methyl sites for hydroxylation is 2. The molecule has 1 saturated heterocycles. The summed E-state index contributed by atoms with van der Waals surface area (Å²) in [6.07, 6.45) is 3.14. The Bertz CT molecular complexity index is 1040. The van der Waals surface area contributed by atoms with Crippen molar-refractivity contribution in [1.29, 1.82) is 0 Å². The van der Waals surface area contributed by atoms with Gasteiger partial charge in [-0.1, -0.05) is 18.2 Å². The Morgan fingerprint density at radius 1 is 1.10 bits per heavy atom. The lowest BCUT2D eigenvalue weighted by molar-refractivity contribution is 0.122. The Kier molecular flexibility index (Phi) is 5.92. The first-order valence-electron chi connectivity index (χ1n) is 10.2. The summed E-state index contributed by atoms with van der Waals surface area (Å²) < 4.78 is 7.19.